The second-order valence-electron chi connectivity index (χ2n) is 7.29. The predicted octanol–water partition coefficient (Wildman–Crippen LogP) is 3.59. The molecule has 0 saturated heterocycles. The number of nitrogens with one attached hydrogen (secondary N) is 1. The lowest BCUT2D eigenvalue weighted by Crippen LogP contribution is -2.24. The molecule has 0 aliphatic heterocycles. The van der Waals surface area contributed by atoms with Crippen molar-refractivity contribution in [1.29, 1.82) is 0 Å². The molecule has 3 aromatic rings. The number of halogens is 2. The second kappa shape index (κ2) is 9.06. The van der Waals surface area contributed by atoms with Crippen LogP contribution in [0.5, 0.6) is 5.75 Å². The number of amides is 1. The molecule has 8 nitrogen and oxygen atoms in total. The summed E-state index contributed by atoms with van der Waals surface area (Å²) in [5, 5.41) is 3.85. The molecule has 3 N–H and O–H groups in total. The van der Waals surface area contributed by atoms with Gasteiger partial charge in [-0.05, 0) is 37.8 Å². The summed E-state index contributed by atoms with van der Waals surface area (Å²) in [4.78, 5) is 24.3. The second-order valence-corrected chi connectivity index (χ2v) is 8.07. The Morgan fingerprint density at radius 3 is 2.87 bits per heavy atom. The third-order valence-electron chi connectivity index (χ3n) is 4.91. The van der Waals surface area contributed by atoms with Crippen LogP contribution >= 0.6 is 23.2 Å². The number of carbonyl (C=O) groups excluding carboxylic acids is 1. The zero-order valence-electron chi connectivity index (χ0n) is 16.3. The summed E-state index contributed by atoms with van der Waals surface area (Å²) in [5.41, 5.74) is 7.73. The van der Waals surface area contributed by atoms with Gasteiger partial charge in [0.05, 0.1) is 29.5 Å². The summed E-state index contributed by atoms with van der Waals surface area (Å²) in [6, 6.07) is 3.90. The number of unbranched alkanes of at least 4 members (excludes halogenated alkanes) is 1. The van der Waals surface area contributed by atoms with E-state index in [-0.39, 0.29) is 5.91 Å². The maximum Gasteiger partial charge on any atom is 0.220 e. The van der Waals surface area contributed by atoms with Crippen LogP contribution in [0.2, 0.25) is 10.0 Å². The Morgan fingerprint density at radius 2 is 2.07 bits per heavy atom. The average Bonchev–Trinajstić information content (AvgIpc) is 3.44. The molecular weight excluding hydrogens is 427 g/mol. The van der Waals surface area contributed by atoms with Gasteiger partial charge in [0.2, 0.25) is 5.91 Å². The average molecular weight is 449 g/mol. The molecule has 1 amide bonds. The maximum atomic E-state index is 11.8. The minimum absolute atomic E-state index is 0.112. The predicted molar refractivity (Wildman–Crippen MR) is 116 cm³/mol. The lowest BCUT2D eigenvalue weighted by Gasteiger charge is -2.15. The number of imidazole rings is 1. The molecule has 158 valence electrons. The van der Waals surface area contributed by atoms with Gasteiger partial charge in [-0.25, -0.2) is 15.0 Å². The van der Waals surface area contributed by atoms with Crippen molar-refractivity contribution in [2.75, 3.05) is 12.3 Å². The van der Waals surface area contributed by atoms with Gasteiger partial charge in [0.25, 0.3) is 0 Å². The number of aromatic nitrogens is 4. The van der Waals surface area contributed by atoms with Gasteiger partial charge in [-0.3, -0.25) is 4.79 Å². The largest absolute Gasteiger partial charge is 0.493 e. The van der Waals surface area contributed by atoms with E-state index in [2.05, 4.69) is 20.3 Å². The molecule has 0 radical (unpaired) electrons. The Kier molecular flexibility index (Phi) is 6.24. The number of ether oxygens (including phenoxy) is 1. The first-order valence-corrected chi connectivity index (χ1v) is 10.6. The molecule has 30 heavy (non-hydrogen) atoms. The van der Waals surface area contributed by atoms with E-state index in [0.717, 1.165) is 31.2 Å². The Morgan fingerprint density at radius 1 is 1.23 bits per heavy atom. The number of rotatable bonds is 9. The first-order chi connectivity index (χ1) is 14.5. The molecular formula is C20H22Cl2N6O2. The number of hydrogen-bond acceptors (Lipinski definition) is 6. The normalized spacial score (nSPS) is 13.5. The molecule has 1 fully saturated rings. The fraction of sp³-hybridized carbons (Fsp3) is 0.400. The van der Waals surface area contributed by atoms with Crippen LogP contribution in [0.1, 0.15) is 37.7 Å². The third-order valence-corrected chi connectivity index (χ3v) is 5.75. The zero-order chi connectivity index (χ0) is 21.1. The maximum absolute atomic E-state index is 11.8. The molecule has 2 heterocycles. The molecule has 2 aromatic heterocycles. The first kappa shape index (κ1) is 20.7. The van der Waals surface area contributed by atoms with E-state index < -0.39 is 0 Å². The number of fused-ring (bicyclic) bond motifs is 1. The van der Waals surface area contributed by atoms with Crippen molar-refractivity contribution in [3.8, 4) is 5.75 Å². The number of nitrogens with two attached hydrogens (primary N) is 1. The van der Waals surface area contributed by atoms with Crippen LogP contribution in [0.15, 0.2) is 24.8 Å². The summed E-state index contributed by atoms with van der Waals surface area (Å²) in [6.07, 6.45) is 7.25. The van der Waals surface area contributed by atoms with Crippen molar-refractivity contribution in [2.45, 2.75) is 44.7 Å². The lowest BCUT2D eigenvalue weighted by atomic mass is 10.2. The monoisotopic (exact) mass is 448 g/mol. The highest BCUT2D eigenvalue weighted by Gasteiger charge is 2.22. The van der Waals surface area contributed by atoms with Gasteiger partial charge in [-0.2, -0.15) is 0 Å². The topological polar surface area (TPSA) is 108 Å². The van der Waals surface area contributed by atoms with Crippen LogP contribution in [-0.2, 0) is 11.3 Å². The van der Waals surface area contributed by atoms with Crippen LogP contribution < -0.4 is 15.8 Å². The van der Waals surface area contributed by atoms with E-state index in [1.807, 2.05) is 4.57 Å². The van der Waals surface area contributed by atoms with Crippen LogP contribution in [0.25, 0.3) is 11.2 Å². The van der Waals surface area contributed by atoms with Crippen LogP contribution in [-0.4, -0.2) is 38.1 Å². The summed E-state index contributed by atoms with van der Waals surface area (Å²) >= 11 is 12.7. The van der Waals surface area contributed by atoms with Gasteiger partial charge in [0.15, 0.2) is 11.5 Å². The molecule has 1 aliphatic carbocycles. The molecule has 0 unspecified atom stereocenters. The van der Waals surface area contributed by atoms with Gasteiger partial charge in [-0.1, -0.05) is 23.2 Å². The molecule has 0 atom stereocenters. The number of benzene rings is 1. The fourth-order valence-corrected chi connectivity index (χ4v) is 3.53. The van der Waals surface area contributed by atoms with Crippen molar-refractivity contribution < 1.29 is 9.53 Å². The lowest BCUT2D eigenvalue weighted by molar-refractivity contribution is -0.121. The highest BCUT2D eigenvalue weighted by atomic mass is 35.5. The van der Waals surface area contributed by atoms with Gasteiger partial charge in [-0.15, -0.1) is 0 Å². The number of nitrogens with zero attached hydrogens (tertiary/aromatic N) is 4. The van der Waals surface area contributed by atoms with E-state index in [1.54, 1.807) is 18.5 Å². The smallest absolute Gasteiger partial charge is 0.220 e. The van der Waals surface area contributed by atoms with Gasteiger partial charge < -0.3 is 20.4 Å². The molecule has 4 rings (SSSR count). The summed E-state index contributed by atoms with van der Waals surface area (Å²) in [6.45, 7) is 0.840. The summed E-state index contributed by atoms with van der Waals surface area (Å²) in [5.74, 6) is 1.06. The SMILES string of the molecule is Nc1ncnc2c1ncn2Cc1c(OCCCCC(=O)NC2CC2)ccc(Cl)c1Cl. The zero-order valence-corrected chi connectivity index (χ0v) is 17.8. The van der Waals surface area contributed by atoms with Crippen LogP contribution in [0.4, 0.5) is 5.82 Å². The van der Waals surface area contributed by atoms with Crippen molar-refractivity contribution in [3.05, 3.63) is 40.4 Å². The summed E-state index contributed by atoms with van der Waals surface area (Å²) < 4.78 is 7.79. The number of hydrogen-bond donors (Lipinski definition) is 2. The van der Waals surface area contributed by atoms with Crippen molar-refractivity contribution in [2.24, 2.45) is 0 Å². The van der Waals surface area contributed by atoms with E-state index in [9.17, 15) is 4.79 Å². The Labute approximate surface area is 183 Å². The van der Waals surface area contributed by atoms with Crippen molar-refractivity contribution >= 4 is 46.1 Å². The Hall–Kier alpha value is -2.58. The molecule has 10 heteroatoms. The van der Waals surface area contributed by atoms with E-state index in [0.29, 0.717) is 58.4 Å². The van der Waals surface area contributed by atoms with Gasteiger partial charge >= 0.3 is 0 Å². The van der Waals surface area contributed by atoms with E-state index >= 15 is 0 Å². The fourth-order valence-electron chi connectivity index (χ4n) is 3.14. The van der Waals surface area contributed by atoms with Gasteiger partial charge in [0, 0.05) is 18.0 Å². The van der Waals surface area contributed by atoms with E-state index in [1.165, 1.54) is 6.33 Å². The Balaban J connectivity index is 1.41. The first-order valence-electron chi connectivity index (χ1n) is 9.83. The standard InChI is InChI=1S/C20H22Cl2N6O2/c21-14-6-7-15(30-8-2-1-3-16(29)27-12-4-5-12)13(17(14)22)9-28-11-26-18-19(23)24-10-25-20(18)28/h6-7,10-12H,1-5,8-9H2,(H,27,29)(H2,23,24,25). The molecule has 1 aromatic carbocycles. The highest BCUT2D eigenvalue weighted by Crippen LogP contribution is 2.34. The van der Waals surface area contributed by atoms with Crippen LogP contribution in [0, 0.1) is 0 Å². The van der Waals surface area contributed by atoms with Gasteiger partial charge in [0.1, 0.15) is 17.6 Å². The van der Waals surface area contributed by atoms with Crippen molar-refractivity contribution in [3.63, 3.8) is 0 Å². The minimum atomic E-state index is 0.112. The third kappa shape index (κ3) is 4.76. The van der Waals surface area contributed by atoms with Crippen molar-refractivity contribution in [1.82, 2.24) is 24.8 Å². The highest BCUT2D eigenvalue weighted by molar-refractivity contribution is 6.42. The molecule has 1 aliphatic rings. The Bertz CT molecular complexity index is 1070. The molecule has 0 bridgehead atoms. The number of anilines is 1. The van der Waals surface area contributed by atoms with Crippen LogP contribution in [0.3, 0.4) is 0 Å². The summed E-state index contributed by atoms with van der Waals surface area (Å²) in [7, 11) is 0. The molecule has 1 saturated carbocycles. The number of nitrogen functional groups attached to an aromatic ring is 1. The molecule has 0 spiro atoms. The number of carbonyl (C=O) groups is 1. The minimum Gasteiger partial charge on any atom is -0.493 e. The van der Waals surface area contributed by atoms with E-state index in [4.69, 9.17) is 33.7 Å². The quantitative estimate of drug-likeness (QED) is 0.484.